The van der Waals surface area contributed by atoms with Gasteiger partial charge in [-0.1, -0.05) is 12.1 Å². The number of carbonyl (C=O) groups excluding carboxylic acids is 2. The van der Waals surface area contributed by atoms with E-state index in [1.807, 2.05) is 12.1 Å². The van der Waals surface area contributed by atoms with Crippen molar-refractivity contribution in [1.29, 1.82) is 0 Å². The number of methoxy groups -OCH3 is 3. The van der Waals surface area contributed by atoms with Crippen LogP contribution in [0.1, 0.15) is 39.4 Å². The molecule has 4 aromatic rings. The highest BCUT2D eigenvalue weighted by atomic mass is 16.5. The van der Waals surface area contributed by atoms with Crippen molar-refractivity contribution in [1.82, 2.24) is 4.57 Å². The molecule has 1 atom stereocenters. The Morgan fingerprint density at radius 1 is 0.925 bits per heavy atom. The molecule has 0 bridgehead atoms. The fourth-order valence-electron chi connectivity index (χ4n) is 5.38. The summed E-state index contributed by atoms with van der Waals surface area (Å²) in [5.74, 6) is 0.684. The molecule has 3 heterocycles. The van der Waals surface area contributed by atoms with Crippen molar-refractivity contribution in [3.05, 3.63) is 93.0 Å². The molecule has 40 heavy (non-hydrogen) atoms. The van der Waals surface area contributed by atoms with Crippen LogP contribution < -0.4 is 29.2 Å². The summed E-state index contributed by atoms with van der Waals surface area (Å²) in [7, 11) is 6.28. The number of allylic oxidation sites excluding steroid dienone is 1. The minimum atomic E-state index is -0.685. The van der Waals surface area contributed by atoms with Crippen molar-refractivity contribution in [2.75, 3.05) is 21.3 Å². The van der Waals surface area contributed by atoms with Gasteiger partial charge in [0.1, 0.15) is 17.2 Å². The van der Waals surface area contributed by atoms with Gasteiger partial charge in [-0.25, -0.2) is 0 Å². The first kappa shape index (κ1) is 25.2. The molecule has 0 spiro atoms. The number of ketones is 1. The fraction of sp³-hybridized carbons (Fsp3) is 0.194. The average Bonchev–Trinajstić information content (AvgIpc) is 3.28. The first-order chi connectivity index (χ1) is 19.3. The van der Waals surface area contributed by atoms with Gasteiger partial charge in [0, 0.05) is 35.7 Å². The van der Waals surface area contributed by atoms with Gasteiger partial charge in [0.25, 0.3) is 5.56 Å². The molecule has 0 amide bonds. The third kappa shape index (κ3) is 3.89. The Morgan fingerprint density at radius 2 is 1.75 bits per heavy atom. The highest BCUT2D eigenvalue weighted by molar-refractivity contribution is 6.15. The van der Waals surface area contributed by atoms with Crippen molar-refractivity contribution in [2.24, 2.45) is 7.05 Å². The largest absolute Gasteiger partial charge is 0.497 e. The number of esters is 1. The number of rotatable bonds is 5. The van der Waals surface area contributed by atoms with Crippen LogP contribution in [-0.4, -0.2) is 37.6 Å². The summed E-state index contributed by atoms with van der Waals surface area (Å²) >= 11 is 0. The summed E-state index contributed by atoms with van der Waals surface area (Å²) in [4.78, 5) is 39.7. The smallest absolute Gasteiger partial charge is 0.312 e. The number of hydrogen-bond acceptors (Lipinski definition) is 8. The third-order valence-electron chi connectivity index (χ3n) is 7.34. The Bertz CT molecular complexity index is 1820. The number of fused-ring (bicyclic) bond motifs is 4. The molecule has 0 aliphatic carbocycles. The van der Waals surface area contributed by atoms with Crippen LogP contribution in [0.5, 0.6) is 28.7 Å². The molecule has 0 saturated heterocycles. The summed E-state index contributed by atoms with van der Waals surface area (Å²) in [5, 5.41) is 0.800. The van der Waals surface area contributed by atoms with Crippen molar-refractivity contribution in [2.45, 2.75) is 12.3 Å². The second kappa shape index (κ2) is 9.60. The number of pyridine rings is 1. The lowest BCUT2D eigenvalue weighted by Gasteiger charge is -2.26. The normalized spacial score (nSPS) is 16.8. The predicted octanol–water partition coefficient (Wildman–Crippen LogP) is 4.62. The summed E-state index contributed by atoms with van der Waals surface area (Å²) in [6.07, 6.45) is 1.50. The van der Waals surface area contributed by atoms with Crippen LogP contribution in [-0.2, 0) is 11.8 Å². The molecule has 0 saturated carbocycles. The topological polar surface area (TPSA) is 102 Å². The minimum Gasteiger partial charge on any atom is -0.497 e. The van der Waals surface area contributed by atoms with Gasteiger partial charge in [-0.15, -0.1) is 0 Å². The second-order valence-electron chi connectivity index (χ2n) is 9.50. The summed E-state index contributed by atoms with van der Waals surface area (Å²) in [6.45, 7) is 0. The van der Waals surface area contributed by atoms with Gasteiger partial charge in [0.05, 0.1) is 38.8 Å². The molecule has 2 aliphatic heterocycles. The highest BCUT2D eigenvalue weighted by Crippen LogP contribution is 2.49. The Kier molecular flexibility index (Phi) is 6.06. The molecule has 9 nitrogen and oxygen atoms in total. The van der Waals surface area contributed by atoms with E-state index in [4.69, 9.17) is 23.7 Å². The number of aromatic nitrogens is 1. The van der Waals surface area contributed by atoms with Gasteiger partial charge in [0.15, 0.2) is 17.3 Å². The van der Waals surface area contributed by atoms with Crippen LogP contribution in [0.15, 0.2) is 65.2 Å². The van der Waals surface area contributed by atoms with Crippen LogP contribution in [0.4, 0.5) is 0 Å². The number of nitrogens with zero attached hydrogens (tertiary/aromatic N) is 1. The number of para-hydroxylation sites is 1. The van der Waals surface area contributed by atoms with E-state index in [1.54, 1.807) is 62.7 Å². The molecule has 1 aromatic heterocycles. The third-order valence-corrected chi connectivity index (χ3v) is 7.34. The van der Waals surface area contributed by atoms with Crippen LogP contribution in [0.25, 0.3) is 17.0 Å². The van der Waals surface area contributed by atoms with Gasteiger partial charge >= 0.3 is 5.97 Å². The van der Waals surface area contributed by atoms with Gasteiger partial charge in [-0.2, -0.15) is 0 Å². The molecule has 6 rings (SSSR count). The monoisotopic (exact) mass is 539 g/mol. The Morgan fingerprint density at radius 3 is 2.50 bits per heavy atom. The highest BCUT2D eigenvalue weighted by Gasteiger charge is 2.39. The number of ether oxygens (including phenoxy) is 5. The number of carbonyl (C=O) groups is 2. The first-order valence-corrected chi connectivity index (χ1v) is 12.5. The van der Waals surface area contributed by atoms with E-state index in [0.717, 1.165) is 5.39 Å². The molecular formula is C31H25NO8. The van der Waals surface area contributed by atoms with E-state index < -0.39 is 11.9 Å². The van der Waals surface area contributed by atoms with Crippen molar-refractivity contribution < 1.29 is 33.3 Å². The van der Waals surface area contributed by atoms with E-state index in [0.29, 0.717) is 45.0 Å². The van der Waals surface area contributed by atoms with Gasteiger partial charge < -0.3 is 28.3 Å². The SMILES string of the molecule is COc1ccc2cc([C@@H]3CC(=O)Oc4ccc5c(c43)O/C(=C\c3cccc(OC)c3OC)C5=O)c(=O)n(C)c2c1. The van der Waals surface area contributed by atoms with Crippen LogP contribution in [0, 0.1) is 0 Å². The maximum atomic E-state index is 13.6. The van der Waals surface area contributed by atoms with E-state index in [1.165, 1.54) is 18.8 Å². The number of aryl methyl sites for hydroxylation is 1. The Labute approximate surface area is 229 Å². The quantitative estimate of drug-likeness (QED) is 0.206. The fourth-order valence-corrected chi connectivity index (χ4v) is 5.38. The molecule has 2 aliphatic rings. The maximum Gasteiger partial charge on any atom is 0.312 e. The van der Waals surface area contributed by atoms with Crippen LogP contribution >= 0.6 is 0 Å². The lowest BCUT2D eigenvalue weighted by molar-refractivity contribution is -0.135. The number of Topliss-reactive ketones (excluding diaryl/α,β-unsaturated/α-hetero) is 1. The molecule has 3 aromatic carbocycles. The average molecular weight is 540 g/mol. The van der Waals surface area contributed by atoms with E-state index in [9.17, 15) is 14.4 Å². The molecule has 9 heteroatoms. The van der Waals surface area contributed by atoms with Crippen LogP contribution in [0.2, 0.25) is 0 Å². The molecule has 0 radical (unpaired) electrons. The first-order valence-electron chi connectivity index (χ1n) is 12.5. The number of hydrogen-bond donors (Lipinski definition) is 0. The summed E-state index contributed by atoms with van der Waals surface area (Å²) in [5.41, 5.74) is 2.20. The zero-order valence-electron chi connectivity index (χ0n) is 22.3. The molecule has 202 valence electrons. The predicted molar refractivity (Wildman–Crippen MR) is 147 cm³/mol. The van der Waals surface area contributed by atoms with Gasteiger partial charge in [0.2, 0.25) is 5.78 Å². The Balaban J connectivity index is 1.50. The van der Waals surface area contributed by atoms with Crippen molar-refractivity contribution >= 4 is 28.7 Å². The summed E-state index contributed by atoms with van der Waals surface area (Å²) in [6, 6.07) is 15.7. The zero-order chi connectivity index (χ0) is 28.1. The maximum absolute atomic E-state index is 13.6. The lowest BCUT2D eigenvalue weighted by atomic mass is 9.84. The van der Waals surface area contributed by atoms with E-state index >= 15 is 0 Å². The molecule has 0 N–H and O–H groups in total. The van der Waals surface area contributed by atoms with Gasteiger partial charge in [-0.3, -0.25) is 14.4 Å². The summed E-state index contributed by atoms with van der Waals surface area (Å²) < 4.78 is 29.4. The van der Waals surface area contributed by atoms with Crippen molar-refractivity contribution in [3.8, 4) is 28.7 Å². The van der Waals surface area contributed by atoms with Crippen molar-refractivity contribution in [3.63, 3.8) is 0 Å². The van der Waals surface area contributed by atoms with E-state index in [2.05, 4.69) is 0 Å². The standard InChI is InChI=1S/C31H25NO8/c1-32-22-14-18(36-2)9-8-16(22)12-21(31(32)35)20-15-26(33)39-23-11-10-19-28(34)25(40-30(19)27(20)23)13-17-6-5-7-24(37-3)29(17)38-4/h5-14,20H,15H2,1-4H3/b25-13-/t20-/m0/s1. The molecule has 0 unspecified atom stereocenters. The number of benzene rings is 3. The lowest BCUT2D eigenvalue weighted by Crippen LogP contribution is -2.29. The van der Waals surface area contributed by atoms with Gasteiger partial charge in [-0.05, 0) is 47.9 Å². The molecule has 0 fully saturated rings. The zero-order valence-corrected chi connectivity index (χ0v) is 22.3. The minimum absolute atomic E-state index is 0.0733. The van der Waals surface area contributed by atoms with Crippen LogP contribution in [0.3, 0.4) is 0 Å². The Hall–Kier alpha value is -5.05. The second-order valence-corrected chi connectivity index (χ2v) is 9.50. The molecular weight excluding hydrogens is 514 g/mol. The van der Waals surface area contributed by atoms with E-state index in [-0.39, 0.29) is 35.0 Å².